The predicted octanol–water partition coefficient (Wildman–Crippen LogP) is 3.27. The first-order valence-corrected chi connectivity index (χ1v) is 8.26. The van der Waals surface area contributed by atoms with Crippen molar-refractivity contribution in [2.75, 3.05) is 13.1 Å². The number of likely N-dealkylation sites (tertiary alicyclic amines) is 1. The Bertz CT molecular complexity index is 458. The van der Waals surface area contributed by atoms with E-state index in [4.69, 9.17) is 0 Å². The van der Waals surface area contributed by atoms with Gasteiger partial charge in [0.2, 0.25) is 5.91 Å². The number of hydrogen-bond donors (Lipinski definition) is 1. The summed E-state index contributed by atoms with van der Waals surface area (Å²) < 4.78 is 0. The summed E-state index contributed by atoms with van der Waals surface area (Å²) in [6.45, 7) is 6.85. The minimum Gasteiger partial charge on any atom is -0.340 e. The van der Waals surface area contributed by atoms with Crippen LogP contribution in [0.1, 0.15) is 50.2 Å². The fourth-order valence-corrected chi connectivity index (χ4v) is 3.15. The van der Waals surface area contributed by atoms with E-state index < -0.39 is 0 Å². The molecule has 0 bridgehead atoms. The molecule has 0 saturated carbocycles. The number of rotatable bonds is 6. The Labute approximate surface area is 128 Å². The molecule has 0 aliphatic carbocycles. The molecule has 116 valence electrons. The lowest BCUT2D eigenvalue weighted by Gasteiger charge is -2.35. The van der Waals surface area contributed by atoms with Crippen molar-refractivity contribution >= 4 is 5.91 Å². The Morgan fingerprint density at radius 3 is 3.00 bits per heavy atom. The van der Waals surface area contributed by atoms with Gasteiger partial charge in [-0.15, -0.1) is 0 Å². The lowest BCUT2D eigenvalue weighted by Crippen LogP contribution is -2.44. The van der Waals surface area contributed by atoms with Crippen molar-refractivity contribution in [3.8, 4) is 0 Å². The number of carbonyl (C=O) groups is 1. The molecular weight excluding hydrogens is 260 g/mol. The van der Waals surface area contributed by atoms with Crippen molar-refractivity contribution in [3.63, 3.8) is 0 Å². The number of nitrogens with one attached hydrogen (secondary N) is 1. The topological polar surface area (TPSA) is 32.3 Å². The number of hydrogen-bond acceptors (Lipinski definition) is 2. The maximum atomic E-state index is 12.3. The fourth-order valence-electron chi connectivity index (χ4n) is 3.15. The van der Waals surface area contributed by atoms with Gasteiger partial charge < -0.3 is 10.2 Å². The Hall–Kier alpha value is -1.35. The van der Waals surface area contributed by atoms with Gasteiger partial charge in [-0.25, -0.2) is 0 Å². The van der Waals surface area contributed by atoms with Gasteiger partial charge in [-0.3, -0.25) is 4.79 Å². The molecule has 0 aromatic heterocycles. The summed E-state index contributed by atoms with van der Waals surface area (Å²) in [5.74, 6) is 0.318. The molecule has 1 saturated heterocycles. The molecule has 1 unspecified atom stereocenters. The summed E-state index contributed by atoms with van der Waals surface area (Å²) >= 11 is 0. The van der Waals surface area contributed by atoms with E-state index in [0.717, 1.165) is 26.1 Å². The van der Waals surface area contributed by atoms with Crippen LogP contribution in [-0.2, 0) is 11.3 Å². The quantitative estimate of drug-likeness (QED) is 0.815. The van der Waals surface area contributed by atoms with Gasteiger partial charge in [0.05, 0.1) is 0 Å². The fraction of sp³-hybridized carbons (Fsp3) is 0.611. The highest BCUT2D eigenvalue weighted by Crippen LogP contribution is 2.20. The molecule has 1 aromatic rings. The first-order valence-electron chi connectivity index (χ1n) is 8.26. The van der Waals surface area contributed by atoms with E-state index in [2.05, 4.69) is 48.3 Å². The predicted molar refractivity (Wildman–Crippen MR) is 87.1 cm³/mol. The van der Waals surface area contributed by atoms with E-state index in [1.807, 2.05) is 0 Å². The first kappa shape index (κ1) is 16.0. The van der Waals surface area contributed by atoms with E-state index in [9.17, 15) is 4.79 Å². The smallest absolute Gasteiger partial charge is 0.224 e. The van der Waals surface area contributed by atoms with Crippen LogP contribution in [0.5, 0.6) is 0 Å². The van der Waals surface area contributed by atoms with Crippen molar-refractivity contribution in [1.29, 1.82) is 0 Å². The Kier molecular flexibility index (Phi) is 6.24. The van der Waals surface area contributed by atoms with Gasteiger partial charge in [-0.1, -0.05) is 36.8 Å². The molecule has 3 heteroatoms. The zero-order chi connectivity index (χ0) is 15.1. The normalized spacial score (nSPS) is 18.8. The van der Waals surface area contributed by atoms with Crippen molar-refractivity contribution in [3.05, 3.63) is 35.4 Å². The van der Waals surface area contributed by atoms with Gasteiger partial charge in [0.15, 0.2) is 0 Å². The van der Waals surface area contributed by atoms with Crippen LogP contribution in [0.15, 0.2) is 24.3 Å². The Morgan fingerprint density at radius 1 is 1.38 bits per heavy atom. The van der Waals surface area contributed by atoms with Gasteiger partial charge in [0, 0.05) is 32.1 Å². The molecular formula is C18H28N2O. The number of amides is 1. The Balaban J connectivity index is 1.71. The van der Waals surface area contributed by atoms with Crippen LogP contribution in [-0.4, -0.2) is 29.9 Å². The monoisotopic (exact) mass is 288 g/mol. The van der Waals surface area contributed by atoms with Crippen molar-refractivity contribution in [1.82, 2.24) is 10.2 Å². The molecule has 3 nitrogen and oxygen atoms in total. The molecule has 1 aliphatic rings. The summed E-state index contributed by atoms with van der Waals surface area (Å²) in [4.78, 5) is 14.4. The summed E-state index contributed by atoms with van der Waals surface area (Å²) in [5.41, 5.74) is 2.57. The third kappa shape index (κ3) is 4.85. The molecule has 0 spiro atoms. The van der Waals surface area contributed by atoms with E-state index in [0.29, 0.717) is 18.4 Å². The SMILES string of the molecule is CCC1CCCCN1C(=O)CCNCc1cccc(C)c1. The van der Waals surface area contributed by atoms with E-state index in [-0.39, 0.29) is 0 Å². The maximum Gasteiger partial charge on any atom is 0.224 e. The molecule has 1 aromatic carbocycles. The standard InChI is InChI=1S/C18H28N2O/c1-3-17-9-4-5-12-20(17)18(21)10-11-19-14-16-8-6-7-15(2)13-16/h6-8,13,17,19H,3-5,9-12,14H2,1-2H3. The van der Waals surface area contributed by atoms with Crippen LogP contribution in [0.2, 0.25) is 0 Å². The molecule has 1 atom stereocenters. The average Bonchev–Trinajstić information content (AvgIpc) is 2.51. The van der Waals surface area contributed by atoms with Crippen molar-refractivity contribution in [2.24, 2.45) is 0 Å². The summed E-state index contributed by atoms with van der Waals surface area (Å²) in [7, 11) is 0. The molecule has 1 heterocycles. The highest BCUT2D eigenvalue weighted by molar-refractivity contribution is 5.76. The second-order valence-electron chi connectivity index (χ2n) is 6.06. The van der Waals surface area contributed by atoms with Crippen LogP contribution in [0.25, 0.3) is 0 Å². The molecule has 1 N–H and O–H groups in total. The number of benzene rings is 1. The molecule has 0 radical (unpaired) electrons. The summed E-state index contributed by atoms with van der Waals surface area (Å²) in [6, 6.07) is 8.97. The van der Waals surface area contributed by atoms with Crippen LogP contribution in [0, 0.1) is 6.92 Å². The number of piperidine rings is 1. The molecule has 1 amide bonds. The number of carbonyl (C=O) groups excluding carboxylic acids is 1. The largest absolute Gasteiger partial charge is 0.340 e. The van der Waals surface area contributed by atoms with Gasteiger partial charge in [0.25, 0.3) is 0 Å². The summed E-state index contributed by atoms with van der Waals surface area (Å²) in [5, 5.41) is 3.38. The average molecular weight is 288 g/mol. The highest BCUT2D eigenvalue weighted by atomic mass is 16.2. The van der Waals surface area contributed by atoms with Gasteiger partial charge in [-0.05, 0) is 38.2 Å². The van der Waals surface area contributed by atoms with Crippen molar-refractivity contribution < 1.29 is 4.79 Å². The zero-order valence-corrected chi connectivity index (χ0v) is 13.4. The second-order valence-corrected chi connectivity index (χ2v) is 6.06. The van der Waals surface area contributed by atoms with E-state index in [1.54, 1.807) is 0 Å². The molecule has 21 heavy (non-hydrogen) atoms. The second kappa shape index (κ2) is 8.18. The third-order valence-corrected chi connectivity index (χ3v) is 4.35. The minimum atomic E-state index is 0.318. The van der Waals surface area contributed by atoms with E-state index >= 15 is 0 Å². The molecule has 1 fully saturated rings. The lowest BCUT2D eigenvalue weighted by molar-refractivity contribution is -0.134. The number of nitrogens with zero attached hydrogens (tertiary/aromatic N) is 1. The molecule has 2 rings (SSSR count). The maximum absolute atomic E-state index is 12.3. The third-order valence-electron chi connectivity index (χ3n) is 4.35. The van der Waals surface area contributed by atoms with Crippen LogP contribution < -0.4 is 5.32 Å². The van der Waals surface area contributed by atoms with Gasteiger partial charge in [-0.2, -0.15) is 0 Å². The van der Waals surface area contributed by atoms with Crippen LogP contribution in [0.3, 0.4) is 0 Å². The molecule has 1 aliphatic heterocycles. The first-order chi connectivity index (χ1) is 10.2. The number of aryl methyl sites for hydroxylation is 1. The van der Waals surface area contributed by atoms with Crippen LogP contribution >= 0.6 is 0 Å². The van der Waals surface area contributed by atoms with Crippen LogP contribution in [0.4, 0.5) is 0 Å². The van der Waals surface area contributed by atoms with Gasteiger partial charge in [0.1, 0.15) is 0 Å². The lowest BCUT2D eigenvalue weighted by atomic mass is 9.99. The van der Waals surface area contributed by atoms with E-state index in [1.165, 1.54) is 30.4 Å². The highest BCUT2D eigenvalue weighted by Gasteiger charge is 2.24. The van der Waals surface area contributed by atoms with Crippen molar-refractivity contribution in [2.45, 2.75) is 58.5 Å². The van der Waals surface area contributed by atoms with Gasteiger partial charge >= 0.3 is 0 Å². The summed E-state index contributed by atoms with van der Waals surface area (Å²) in [6.07, 6.45) is 5.32. The Morgan fingerprint density at radius 2 is 2.24 bits per heavy atom. The zero-order valence-electron chi connectivity index (χ0n) is 13.4. The minimum absolute atomic E-state index is 0.318.